The van der Waals surface area contributed by atoms with Crippen LogP contribution in [-0.4, -0.2) is 53.9 Å². The molecular weight excluding hydrogens is 336 g/mol. The van der Waals surface area contributed by atoms with Crippen molar-refractivity contribution >= 4 is 5.96 Å². The van der Waals surface area contributed by atoms with Crippen molar-refractivity contribution in [3.8, 4) is 5.69 Å². The van der Waals surface area contributed by atoms with Crippen LogP contribution in [0.2, 0.25) is 0 Å². The fourth-order valence-corrected chi connectivity index (χ4v) is 3.46. The van der Waals surface area contributed by atoms with Gasteiger partial charge in [0.1, 0.15) is 0 Å². The second kappa shape index (κ2) is 10.7. The van der Waals surface area contributed by atoms with Crippen molar-refractivity contribution in [3.05, 3.63) is 48.3 Å². The fraction of sp³-hybridized carbons (Fsp3) is 0.524. The Kier molecular flexibility index (Phi) is 7.71. The summed E-state index contributed by atoms with van der Waals surface area (Å²) in [5, 5.41) is 11.1. The lowest BCUT2D eigenvalue weighted by molar-refractivity contribution is 0.282. The van der Waals surface area contributed by atoms with Crippen molar-refractivity contribution in [2.24, 2.45) is 4.99 Å². The van der Waals surface area contributed by atoms with Gasteiger partial charge in [0.05, 0.1) is 5.69 Å². The summed E-state index contributed by atoms with van der Waals surface area (Å²) < 4.78 is 1.86. The summed E-state index contributed by atoms with van der Waals surface area (Å²) >= 11 is 0. The highest BCUT2D eigenvalue weighted by molar-refractivity contribution is 5.79. The van der Waals surface area contributed by atoms with E-state index >= 15 is 0 Å². The maximum atomic E-state index is 4.33. The van der Waals surface area contributed by atoms with Crippen LogP contribution >= 0.6 is 0 Å². The van der Waals surface area contributed by atoms with Gasteiger partial charge in [0.15, 0.2) is 5.96 Å². The Labute approximate surface area is 162 Å². The minimum Gasteiger partial charge on any atom is -0.356 e. The molecule has 1 aliphatic rings. The highest BCUT2D eigenvalue weighted by atomic mass is 15.3. The van der Waals surface area contributed by atoms with E-state index in [-0.39, 0.29) is 0 Å². The Bertz CT molecular complexity index is 669. The van der Waals surface area contributed by atoms with E-state index < -0.39 is 0 Å². The minimum atomic E-state index is 0.755. The van der Waals surface area contributed by atoms with Gasteiger partial charge < -0.3 is 15.5 Å². The Balaban J connectivity index is 1.36. The fourth-order valence-electron chi connectivity index (χ4n) is 3.46. The highest BCUT2D eigenvalue weighted by Crippen LogP contribution is 2.10. The molecule has 2 aromatic rings. The Hall–Kier alpha value is -2.34. The van der Waals surface area contributed by atoms with E-state index in [0.717, 1.165) is 31.2 Å². The van der Waals surface area contributed by atoms with E-state index in [1.807, 2.05) is 24.0 Å². The molecule has 0 unspecified atom stereocenters. The molecule has 0 aliphatic carbocycles. The summed E-state index contributed by atoms with van der Waals surface area (Å²) in [6.45, 7) is 5.42. The average molecular weight is 369 g/mol. The maximum absolute atomic E-state index is 4.33. The zero-order chi connectivity index (χ0) is 18.7. The molecule has 0 bridgehead atoms. The number of nitrogens with one attached hydrogen (secondary N) is 2. The van der Waals surface area contributed by atoms with Crippen molar-refractivity contribution in [2.75, 3.05) is 33.2 Å². The van der Waals surface area contributed by atoms with Crippen LogP contribution in [0.3, 0.4) is 0 Å². The van der Waals surface area contributed by atoms with Crippen LogP contribution in [0.15, 0.2) is 47.7 Å². The van der Waals surface area contributed by atoms with Gasteiger partial charge in [-0.25, -0.2) is 4.68 Å². The summed E-state index contributed by atoms with van der Waals surface area (Å²) in [6, 6.07) is 10.3. The molecule has 0 radical (unpaired) electrons. The minimum absolute atomic E-state index is 0.755. The molecule has 2 N–H and O–H groups in total. The van der Waals surface area contributed by atoms with Gasteiger partial charge in [-0.05, 0) is 62.7 Å². The van der Waals surface area contributed by atoms with Crippen LogP contribution in [-0.2, 0) is 6.54 Å². The first-order valence-electron chi connectivity index (χ1n) is 10.1. The summed E-state index contributed by atoms with van der Waals surface area (Å²) in [5.74, 6) is 0.863. The monoisotopic (exact) mass is 368 g/mol. The lowest BCUT2D eigenvalue weighted by Crippen LogP contribution is -2.38. The lowest BCUT2D eigenvalue weighted by Gasteiger charge is -2.20. The van der Waals surface area contributed by atoms with Crippen molar-refractivity contribution in [2.45, 2.75) is 38.6 Å². The van der Waals surface area contributed by atoms with Crippen LogP contribution in [0.25, 0.3) is 5.69 Å². The number of guanidine groups is 1. The van der Waals surface area contributed by atoms with Crippen molar-refractivity contribution < 1.29 is 0 Å². The number of hydrogen-bond donors (Lipinski definition) is 2. The molecule has 0 atom stereocenters. The normalized spacial score (nSPS) is 16.1. The molecule has 146 valence electrons. The summed E-state index contributed by atoms with van der Waals surface area (Å²) in [4.78, 5) is 6.93. The third-order valence-corrected chi connectivity index (χ3v) is 5.03. The molecule has 0 spiro atoms. The van der Waals surface area contributed by atoms with Gasteiger partial charge in [-0.3, -0.25) is 4.99 Å². The van der Waals surface area contributed by atoms with E-state index in [2.05, 4.69) is 49.9 Å². The van der Waals surface area contributed by atoms with Gasteiger partial charge in [0.25, 0.3) is 0 Å². The van der Waals surface area contributed by atoms with E-state index in [1.54, 1.807) is 6.20 Å². The number of aromatic nitrogens is 2. The number of rotatable bonds is 7. The zero-order valence-corrected chi connectivity index (χ0v) is 16.4. The molecule has 1 aromatic heterocycles. The third-order valence-electron chi connectivity index (χ3n) is 5.03. The van der Waals surface area contributed by atoms with E-state index in [0.29, 0.717) is 0 Å². The molecule has 0 saturated carbocycles. The average Bonchev–Trinajstić information content (AvgIpc) is 3.12. The van der Waals surface area contributed by atoms with E-state index in [9.17, 15) is 0 Å². The SMILES string of the molecule is CN=C(NCCCN1CCCCCC1)NCc1ccc(-n2cccn2)cc1. The standard InChI is InChI=1S/C21H32N6/c1-22-21(23-12-6-16-26-14-4-2-3-5-15-26)24-18-19-8-10-20(11-9-19)27-17-7-13-25-27/h7-11,13,17H,2-6,12,14-16,18H2,1H3,(H2,22,23,24). The van der Waals surface area contributed by atoms with Crippen LogP contribution in [0, 0.1) is 0 Å². The molecule has 27 heavy (non-hydrogen) atoms. The quantitative estimate of drug-likeness (QED) is 0.448. The largest absolute Gasteiger partial charge is 0.356 e. The second-order valence-corrected chi connectivity index (χ2v) is 7.08. The van der Waals surface area contributed by atoms with Crippen LogP contribution in [0.1, 0.15) is 37.7 Å². The number of likely N-dealkylation sites (tertiary alicyclic amines) is 1. The number of benzene rings is 1. The molecule has 1 aliphatic heterocycles. The Morgan fingerprint density at radius 1 is 1.07 bits per heavy atom. The molecular formula is C21H32N6. The van der Waals surface area contributed by atoms with Gasteiger partial charge >= 0.3 is 0 Å². The van der Waals surface area contributed by atoms with Crippen molar-refractivity contribution in [1.82, 2.24) is 25.3 Å². The van der Waals surface area contributed by atoms with E-state index in [1.165, 1.54) is 50.9 Å². The molecule has 0 amide bonds. The van der Waals surface area contributed by atoms with Gasteiger partial charge in [-0.2, -0.15) is 5.10 Å². The molecule has 6 nitrogen and oxygen atoms in total. The predicted molar refractivity (Wildman–Crippen MR) is 111 cm³/mol. The van der Waals surface area contributed by atoms with Gasteiger partial charge in [0.2, 0.25) is 0 Å². The maximum Gasteiger partial charge on any atom is 0.191 e. The van der Waals surface area contributed by atoms with Gasteiger partial charge in [-0.15, -0.1) is 0 Å². The van der Waals surface area contributed by atoms with Gasteiger partial charge in [-0.1, -0.05) is 25.0 Å². The smallest absolute Gasteiger partial charge is 0.191 e. The molecule has 2 heterocycles. The van der Waals surface area contributed by atoms with Crippen LogP contribution in [0.4, 0.5) is 0 Å². The van der Waals surface area contributed by atoms with E-state index in [4.69, 9.17) is 0 Å². The number of nitrogens with zero attached hydrogens (tertiary/aromatic N) is 4. The van der Waals surface area contributed by atoms with Crippen molar-refractivity contribution in [1.29, 1.82) is 0 Å². The van der Waals surface area contributed by atoms with Crippen molar-refractivity contribution in [3.63, 3.8) is 0 Å². The first-order chi connectivity index (χ1) is 13.3. The first kappa shape index (κ1) is 19.4. The topological polar surface area (TPSA) is 57.5 Å². The summed E-state index contributed by atoms with van der Waals surface area (Å²) in [7, 11) is 1.82. The summed E-state index contributed by atoms with van der Waals surface area (Å²) in [5.41, 5.74) is 2.29. The third kappa shape index (κ3) is 6.40. The Morgan fingerprint density at radius 2 is 1.85 bits per heavy atom. The predicted octanol–water partition coefficient (Wildman–Crippen LogP) is 2.80. The number of hydrogen-bond acceptors (Lipinski definition) is 3. The second-order valence-electron chi connectivity index (χ2n) is 7.08. The Morgan fingerprint density at radius 3 is 2.52 bits per heavy atom. The molecule has 3 rings (SSSR count). The molecule has 1 aromatic carbocycles. The lowest BCUT2D eigenvalue weighted by atomic mass is 10.2. The van der Waals surface area contributed by atoms with Crippen LogP contribution in [0.5, 0.6) is 0 Å². The molecule has 6 heteroatoms. The molecule has 1 fully saturated rings. The highest BCUT2D eigenvalue weighted by Gasteiger charge is 2.08. The van der Waals surface area contributed by atoms with Crippen LogP contribution < -0.4 is 10.6 Å². The number of aliphatic imine (C=N–C) groups is 1. The first-order valence-corrected chi connectivity index (χ1v) is 10.1. The van der Waals surface area contributed by atoms with Gasteiger partial charge in [0, 0.05) is 32.5 Å². The summed E-state index contributed by atoms with van der Waals surface area (Å²) in [6.07, 6.45) is 10.4. The molecule has 1 saturated heterocycles. The zero-order valence-electron chi connectivity index (χ0n) is 16.4.